The molecule has 0 fully saturated rings. The summed E-state index contributed by atoms with van der Waals surface area (Å²) in [5.41, 5.74) is 16.8. The first-order chi connectivity index (χ1) is 7.00. The Morgan fingerprint density at radius 3 is 2.47 bits per heavy atom. The number of nitrogens with two attached hydrogens (primary N) is 3. The lowest BCUT2D eigenvalue weighted by atomic mass is 10.1. The molecule has 0 aliphatic heterocycles. The molecule has 6 nitrogen and oxygen atoms in total. The molecule has 0 aromatic heterocycles. The zero-order valence-electron chi connectivity index (χ0n) is 7.99. The smallest absolute Gasteiger partial charge is 0.248 e. The van der Waals surface area contributed by atoms with Crippen molar-refractivity contribution in [3.05, 3.63) is 23.8 Å². The summed E-state index contributed by atoms with van der Waals surface area (Å²) in [5.74, 6) is -1.07. The average Bonchev–Trinajstić information content (AvgIpc) is 2.16. The Balaban J connectivity index is 2.90. The van der Waals surface area contributed by atoms with Crippen LogP contribution in [0.4, 0.5) is 11.4 Å². The van der Waals surface area contributed by atoms with E-state index in [9.17, 15) is 9.59 Å². The molecule has 0 saturated heterocycles. The Bertz CT molecular complexity index is 403. The van der Waals surface area contributed by atoms with Crippen molar-refractivity contribution in [2.24, 2.45) is 11.5 Å². The average molecular weight is 208 g/mol. The van der Waals surface area contributed by atoms with Crippen LogP contribution in [0.25, 0.3) is 0 Å². The molecule has 15 heavy (non-hydrogen) atoms. The van der Waals surface area contributed by atoms with E-state index in [1.165, 1.54) is 18.2 Å². The molecule has 80 valence electrons. The fourth-order valence-corrected chi connectivity index (χ4v) is 1.04. The van der Waals surface area contributed by atoms with Gasteiger partial charge < -0.3 is 22.5 Å². The lowest BCUT2D eigenvalue weighted by molar-refractivity contribution is -0.116. The molecule has 0 atom stereocenters. The van der Waals surface area contributed by atoms with Crippen LogP contribution in [0.15, 0.2) is 18.2 Å². The largest absolute Gasteiger partial charge is 0.397 e. The predicted octanol–water partition coefficient (Wildman–Crippen LogP) is -0.735. The highest BCUT2D eigenvalue weighted by Gasteiger charge is 2.05. The van der Waals surface area contributed by atoms with Crippen molar-refractivity contribution in [3.63, 3.8) is 0 Å². The van der Waals surface area contributed by atoms with Gasteiger partial charge >= 0.3 is 0 Å². The highest BCUT2D eigenvalue weighted by atomic mass is 16.1. The highest BCUT2D eigenvalue weighted by molar-refractivity contribution is 5.95. The van der Waals surface area contributed by atoms with E-state index >= 15 is 0 Å². The number of primary amides is 2. The molecule has 1 rings (SSSR count). The van der Waals surface area contributed by atoms with Crippen LogP contribution < -0.4 is 22.5 Å². The number of hydrogen-bond acceptors (Lipinski definition) is 4. The quantitative estimate of drug-likeness (QED) is 0.486. The monoisotopic (exact) mass is 208 g/mol. The summed E-state index contributed by atoms with van der Waals surface area (Å²) in [6.45, 7) is -0.0492. The number of amides is 2. The third-order valence-corrected chi connectivity index (χ3v) is 1.79. The summed E-state index contributed by atoms with van der Waals surface area (Å²) in [6.07, 6.45) is 0. The molecule has 0 spiro atoms. The Labute approximate surface area is 86.4 Å². The van der Waals surface area contributed by atoms with Gasteiger partial charge in [-0.15, -0.1) is 0 Å². The van der Waals surface area contributed by atoms with Gasteiger partial charge in [0, 0.05) is 5.56 Å². The zero-order chi connectivity index (χ0) is 11.4. The standard InChI is InChI=1S/C9H12N4O2/c10-6-2-1-5(9(12)15)3-7(6)13-4-8(11)14/h1-3,13H,4,10H2,(H2,11,14)(H2,12,15). The number of hydrogen-bond donors (Lipinski definition) is 4. The van der Waals surface area contributed by atoms with E-state index in [0.29, 0.717) is 16.9 Å². The Morgan fingerprint density at radius 2 is 1.93 bits per heavy atom. The molecular weight excluding hydrogens is 196 g/mol. The number of anilines is 2. The van der Waals surface area contributed by atoms with Crippen molar-refractivity contribution < 1.29 is 9.59 Å². The molecule has 0 radical (unpaired) electrons. The third-order valence-electron chi connectivity index (χ3n) is 1.79. The molecule has 0 unspecified atom stereocenters. The van der Waals surface area contributed by atoms with Gasteiger partial charge in [-0.3, -0.25) is 9.59 Å². The lowest BCUT2D eigenvalue weighted by Gasteiger charge is -2.08. The van der Waals surface area contributed by atoms with Crippen LogP contribution in [0.2, 0.25) is 0 Å². The van der Waals surface area contributed by atoms with Gasteiger partial charge in [-0.1, -0.05) is 0 Å². The first-order valence-corrected chi connectivity index (χ1v) is 4.22. The molecule has 0 bridgehead atoms. The number of carbonyl (C=O) groups is 2. The summed E-state index contributed by atoms with van der Waals surface area (Å²) in [5, 5.41) is 2.70. The van der Waals surface area contributed by atoms with Crippen molar-refractivity contribution in [1.82, 2.24) is 0 Å². The predicted molar refractivity (Wildman–Crippen MR) is 57.1 cm³/mol. The highest BCUT2D eigenvalue weighted by Crippen LogP contribution is 2.19. The molecule has 7 N–H and O–H groups in total. The minimum Gasteiger partial charge on any atom is -0.397 e. The number of nitrogen functional groups attached to an aromatic ring is 1. The van der Waals surface area contributed by atoms with Gasteiger partial charge in [0.25, 0.3) is 0 Å². The Hall–Kier alpha value is -2.24. The number of rotatable bonds is 4. The first-order valence-electron chi connectivity index (χ1n) is 4.22. The Morgan fingerprint density at radius 1 is 1.27 bits per heavy atom. The maximum Gasteiger partial charge on any atom is 0.248 e. The van der Waals surface area contributed by atoms with E-state index in [4.69, 9.17) is 17.2 Å². The minimum absolute atomic E-state index is 0.0492. The van der Waals surface area contributed by atoms with Crippen molar-refractivity contribution >= 4 is 23.2 Å². The van der Waals surface area contributed by atoms with Crippen LogP contribution >= 0.6 is 0 Å². The molecular formula is C9H12N4O2. The molecule has 0 heterocycles. The van der Waals surface area contributed by atoms with Crippen LogP contribution in [0.5, 0.6) is 0 Å². The molecule has 0 aliphatic carbocycles. The van der Waals surface area contributed by atoms with Crippen molar-refractivity contribution in [3.8, 4) is 0 Å². The number of nitrogens with one attached hydrogen (secondary N) is 1. The summed E-state index contributed by atoms with van der Waals surface area (Å²) >= 11 is 0. The van der Waals surface area contributed by atoms with Gasteiger partial charge in [-0.25, -0.2) is 0 Å². The van der Waals surface area contributed by atoms with E-state index in [1.807, 2.05) is 0 Å². The summed E-state index contributed by atoms with van der Waals surface area (Å²) in [4.78, 5) is 21.4. The summed E-state index contributed by atoms with van der Waals surface area (Å²) < 4.78 is 0. The van der Waals surface area contributed by atoms with Gasteiger partial charge in [0.2, 0.25) is 11.8 Å². The van der Waals surface area contributed by atoms with E-state index < -0.39 is 11.8 Å². The van der Waals surface area contributed by atoms with Crippen LogP contribution in [0.3, 0.4) is 0 Å². The SMILES string of the molecule is NC(=O)CNc1cc(C(N)=O)ccc1N. The maximum absolute atomic E-state index is 10.9. The van der Waals surface area contributed by atoms with Crippen LogP contribution in [-0.2, 0) is 4.79 Å². The molecule has 0 aliphatic rings. The minimum atomic E-state index is -0.558. The molecule has 1 aromatic carbocycles. The van der Waals surface area contributed by atoms with E-state index in [0.717, 1.165) is 0 Å². The normalized spacial score (nSPS) is 9.60. The van der Waals surface area contributed by atoms with Gasteiger partial charge in [-0.2, -0.15) is 0 Å². The fraction of sp³-hybridized carbons (Fsp3) is 0.111. The van der Waals surface area contributed by atoms with Crippen molar-refractivity contribution in [1.29, 1.82) is 0 Å². The molecule has 1 aromatic rings. The summed E-state index contributed by atoms with van der Waals surface area (Å²) in [6, 6.07) is 4.51. The van der Waals surface area contributed by atoms with Crippen molar-refractivity contribution in [2.75, 3.05) is 17.6 Å². The topological polar surface area (TPSA) is 124 Å². The first kappa shape index (κ1) is 10.8. The van der Waals surface area contributed by atoms with E-state index in [-0.39, 0.29) is 6.54 Å². The van der Waals surface area contributed by atoms with Crippen LogP contribution in [0.1, 0.15) is 10.4 Å². The second-order valence-electron chi connectivity index (χ2n) is 2.99. The number of carbonyl (C=O) groups excluding carboxylic acids is 2. The molecule has 0 saturated carbocycles. The Kier molecular flexibility index (Phi) is 3.12. The summed E-state index contributed by atoms with van der Waals surface area (Å²) in [7, 11) is 0. The third kappa shape index (κ3) is 2.87. The van der Waals surface area contributed by atoms with E-state index in [2.05, 4.69) is 5.32 Å². The lowest BCUT2D eigenvalue weighted by Crippen LogP contribution is -2.22. The second-order valence-corrected chi connectivity index (χ2v) is 2.99. The fourth-order valence-electron chi connectivity index (χ4n) is 1.04. The maximum atomic E-state index is 10.9. The van der Waals surface area contributed by atoms with Gasteiger partial charge in [-0.05, 0) is 18.2 Å². The number of benzene rings is 1. The van der Waals surface area contributed by atoms with Gasteiger partial charge in [0.1, 0.15) is 0 Å². The molecule has 6 heteroatoms. The van der Waals surface area contributed by atoms with Gasteiger partial charge in [0.15, 0.2) is 0 Å². The van der Waals surface area contributed by atoms with Gasteiger partial charge in [0.05, 0.1) is 17.9 Å². The molecule has 2 amide bonds. The van der Waals surface area contributed by atoms with Crippen LogP contribution in [-0.4, -0.2) is 18.4 Å². The zero-order valence-corrected chi connectivity index (χ0v) is 7.99. The second kappa shape index (κ2) is 4.32. The van der Waals surface area contributed by atoms with Crippen molar-refractivity contribution in [2.45, 2.75) is 0 Å². The van der Waals surface area contributed by atoms with E-state index in [1.54, 1.807) is 0 Å². The van der Waals surface area contributed by atoms with Crippen LogP contribution in [0, 0.1) is 0 Å².